The second-order valence-corrected chi connectivity index (χ2v) is 13.0. The van der Waals surface area contributed by atoms with Gasteiger partial charge in [0.25, 0.3) is 0 Å². The standard InChI is InChI=1S/C32H42F3N5O3S/c1-5-39(21-24-10-7-8-11-24)29-14-15-30(41-3)38-28(29)23-40(22-25-12-9-13-26(18-25)43-32(33,34)35)31-36-19-27(20-37-31)42-16-17-44(4)6-2/h6,9,12-15,18-20,24H,5,7-8,10-11,16-17,21-23H2,1-4H3. The lowest BCUT2D eigenvalue weighted by molar-refractivity contribution is -0.274. The molecule has 8 nitrogen and oxygen atoms in total. The average Bonchev–Trinajstić information content (AvgIpc) is 3.52. The van der Waals surface area contributed by atoms with E-state index in [1.165, 1.54) is 43.9 Å². The number of aromatic nitrogens is 3. The highest BCUT2D eigenvalue weighted by atomic mass is 32.2. The van der Waals surface area contributed by atoms with Crippen LogP contribution < -0.4 is 24.0 Å². The molecule has 0 spiro atoms. The molecule has 3 aromatic rings. The molecule has 0 aliphatic heterocycles. The third kappa shape index (κ3) is 10.0. The molecular weight excluding hydrogens is 591 g/mol. The van der Waals surface area contributed by atoms with E-state index in [4.69, 9.17) is 14.5 Å². The van der Waals surface area contributed by atoms with E-state index in [0.29, 0.717) is 42.2 Å². The third-order valence-corrected chi connectivity index (χ3v) is 9.24. The molecule has 1 fully saturated rings. The van der Waals surface area contributed by atoms with Gasteiger partial charge in [0.1, 0.15) is 5.75 Å². The van der Waals surface area contributed by atoms with Gasteiger partial charge in [0.2, 0.25) is 11.8 Å². The lowest BCUT2D eigenvalue weighted by Crippen LogP contribution is -2.31. The first kappa shape index (κ1) is 33.4. The Hall–Kier alpha value is -3.54. The molecule has 0 N–H and O–H groups in total. The van der Waals surface area contributed by atoms with Crippen LogP contribution in [0.25, 0.3) is 0 Å². The van der Waals surface area contributed by atoms with E-state index in [9.17, 15) is 13.2 Å². The maximum Gasteiger partial charge on any atom is 0.573 e. The number of pyridine rings is 1. The summed E-state index contributed by atoms with van der Waals surface area (Å²) in [5, 5.41) is 2.16. The molecule has 240 valence electrons. The van der Waals surface area contributed by atoms with Gasteiger partial charge in [0.05, 0.1) is 44.0 Å². The summed E-state index contributed by atoms with van der Waals surface area (Å²) in [6.07, 6.45) is 5.58. The van der Waals surface area contributed by atoms with Crippen molar-refractivity contribution < 1.29 is 27.4 Å². The molecule has 12 heteroatoms. The van der Waals surface area contributed by atoms with Crippen LogP contribution in [0.4, 0.5) is 24.8 Å². The predicted molar refractivity (Wildman–Crippen MR) is 171 cm³/mol. The summed E-state index contributed by atoms with van der Waals surface area (Å²) in [7, 11) is 1.75. The monoisotopic (exact) mass is 633 g/mol. The molecule has 1 aliphatic carbocycles. The molecule has 1 saturated carbocycles. The minimum absolute atomic E-state index is 0.171. The van der Waals surface area contributed by atoms with Crippen molar-refractivity contribution in [3.05, 3.63) is 60.0 Å². The predicted octanol–water partition coefficient (Wildman–Crippen LogP) is 7.10. The molecule has 0 bridgehead atoms. The van der Waals surface area contributed by atoms with Crippen LogP contribution in [0, 0.1) is 5.92 Å². The molecule has 44 heavy (non-hydrogen) atoms. The molecule has 0 amide bonds. The van der Waals surface area contributed by atoms with Gasteiger partial charge in [0, 0.05) is 31.5 Å². The second kappa shape index (κ2) is 16.0. The van der Waals surface area contributed by atoms with Crippen molar-refractivity contribution in [3.8, 4) is 17.4 Å². The van der Waals surface area contributed by atoms with Crippen molar-refractivity contribution in [2.24, 2.45) is 5.92 Å². The van der Waals surface area contributed by atoms with E-state index < -0.39 is 6.36 Å². The summed E-state index contributed by atoms with van der Waals surface area (Å²) in [5.41, 5.74) is 2.35. The Kier molecular flexibility index (Phi) is 12.1. The van der Waals surface area contributed by atoms with E-state index in [1.807, 2.05) is 24.0 Å². The second-order valence-electron chi connectivity index (χ2n) is 10.8. The van der Waals surface area contributed by atoms with Crippen LogP contribution in [0.15, 0.2) is 48.8 Å². The fourth-order valence-corrected chi connectivity index (χ4v) is 5.87. The van der Waals surface area contributed by atoms with Gasteiger partial charge in [0.15, 0.2) is 5.75 Å². The van der Waals surface area contributed by atoms with Crippen LogP contribution >= 0.6 is 10.5 Å². The summed E-state index contributed by atoms with van der Waals surface area (Å²) in [6.45, 7) is 6.98. The average molecular weight is 634 g/mol. The van der Waals surface area contributed by atoms with Gasteiger partial charge in [-0.05, 0) is 62.6 Å². The Morgan fingerprint density at radius 3 is 2.43 bits per heavy atom. The van der Waals surface area contributed by atoms with Crippen molar-refractivity contribution in [2.45, 2.75) is 59.0 Å². The molecule has 2 aromatic heterocycles. The zero-order valence-corrected chi connectivity index (χ0v) is 26.7. The van der Waals surface area contributed by atoms with Crippen molar-refractivity contribution in [2.75, 3.05) is 48.6 Å². The van der Waals surface area contributed by atoms with Crippen LogP contribution in [-0.2, 0) is 13.1 Å². The zero-order chi connectivity index (χ0) is 31.5. The quantitative estimate of drug-likeness (QED) is 0.164. The topological polar surface area (TPSA) is 72.8 Å². The first-order valence-corrected chi connectivity index (χ1v) is 16.8. The van der Waals surface area contributed by atoms with Gasteiger partial charge < -0.3 is 24.0 Å². The Bertz CT molecular complexity index is 1370. The molecule has 1 aliphatic rings. The van der Waals surface area contributed by atoms with Crippen LogP contribution in [0.1, 0.15) is 50.8 Å². The SMILES string of the molecule is C/C=S(/C)CCOc1cnc(N(Cc2cccc(OC(F)(F)F)c2)Cc2nc(OC)ccc2N(CC)CC2CCCC2)nc1. The number of benzene rings is 1. The fourth-order valence-electron chi connectivity index (χ4n) is 5.29. The summed E-state index contributed by atoms with van der Waals surface area (Å²) in [5.74, 6) is 2.67. The van der Waals surface area contributed by atoms with Crippen LogP contribution in [0.5, 0.6) is 17.4 Å². The number of alkyl halides is 3. The number of hydrogen-bond donors (Lipinski definition) is 0. The van der Waals surface area contributed by atoms with Gasteiger partial charge in [-0.2, -0.15) is 10.5 Å². The fraction of sp³-hybridized carbons (Fsp3) is 0.500. The molecule has 2 heterocycles. The minimum atomic E-state index is -4.78. The number of methoxy groups -OCH3 is 1. The largest absolute Gasteiger partial charge is 0.573 e. The van der Waals surface area contributed by atoms with Gasteiger partial charge >= 0.3 is 6.36 Å². The zero-order valence-electron chi connectivity index (χ0n) is 25.8. The normalized spacial score (nSPS) is 14.4. The van der Waals surface area contributed by atoms with Crippen molar-refractivity contribution in [3.63, 3.8) is 0 Å². The summed E-state index contributed by atoms with van der Waals surface area (Å²) in [6, 6.07) is 9.84. The summed E-state index contributed by atoms with van der Waals surface area (Å²) in [4.78, 5) is 18.3. The first-order chi connectivity index (χ1) is 21.2. The van der Waals surface area contributed by atoms with E-state index >= 15 is 0 Å². The number of nitrogens with zero attached hydrogens (tertiary/aromatic N) is 5. The van der Waals surface area contributed by atoms with Crippen molar-refractivity contribution >= 4 is 27.5 Å². The number of anilines is 2. The third-order valence-electron chi connectivity index (χ3n) is 7.63. The Labute approximate surface area is 260 Å². The highest BCUT2D eigenvalue weighted by molar-refractivity contribution is 8.14. The Morgan fingerprint density at radius 2 is 1.77 bits per heavy atom. The van der Waals surface area contributed by atoms with E-state index in [-0.39, 0.29) is 22.8 Å². The highest BCUT2D eigenvalue weighted by Crippen LogP contribution is 2.31. The maximum atomic E-state index is 13.0. The summed E-state index contributed by atoms with van der Waals surface area (Å²) >= 11 is 0. The molecule has 4 rings (SSSR count). The van der Waals surface area contributed by atoms with E-state index in [2.05, 4.69) is 38.2 Å². The number of rotatable bonds is 15. The van der Waals surface area contributed by atoms with Crippen LogP contribution in [0.2, 0.25) is 0 Å². The highest BCUT2D eigenvalue weighted by Gasteiger charge is 2.31. The van der Waals surface area contributed by atoms with Gasteiger partial charge in [-0.3, -0.25) is 0 Å². The molecule has 0 radical (unpaired) electrons. The van der Waals surface area contributed by atoms with E-state index in [0.717, 1.165) is 30.2 Å². The summed E-state index contributed by atoms with van der Waals surface area (Å²) < 4.78 is 54.4. The van der Waals surface area contributed by atoms with Crippen LogP contribution in [0.3, 0.4) is 0 Å². The Morgan fingerprint density at radius 1 is 1.02 bits per heavy atom. The van der Waals surface area contributed by atoms with Gasteiger partial charge in [-0.15, -0.1) is 13.2 Å². The lowest BCUT2D eigenvalue weighted by atomic mass is 10.1. The molecule has 1 aromatic carbocycles. The molecule has 0 saturated heterocycles. The van der Waals surface area contributed by atoms with Crippen molar-refractivity contribution in [1.29, 1.82) is 0 Å². The number of halogens is 3. The van der Waals surface area contributed by atoms with Crippen molar-refractivity contribution in [1.82, 2.24) is 15.0 Å². The smallest absolute Gasteiger partial charge is 0.490 e. The first-order valence-electron chi connectivity index (χ1n) is 14.9. The number of hydrogen-bond acceptors (Lipinski definition) is 8. The van der Waals surface area contributed by atoms with Gasteiger partial charge in [-0.1, -0.05) is 30.3 Å². The molecule has 1 unspecified atom stereocenters. The number of ether oxygens (including phenoxy) is 3. The van der Waals surface area contributed by atoms with E-state index in [1.54, 1.807) is 25.6 Å². The lowest BCUT2D eigenvalue weighted by Gasteiger charge is -2.30. The Balaban J connectivity index is 1.64. The maximum absolute atomic E-state index is 13.0. The van der Waals surface area contributed by atoms with Crippen LogP contribution in [-0.4, -0.2) is 65.5 Å². The van der Waals surface area contributed by atoms with Gasteiger partial charge in [-0.25, -0.2) is 15.0 Å². The molecule has 1 atom stereocenters. The molecular formula is C32H42F3N5O3S. The minimum Gasteiger partial charge on any atom is -0.490 e.